The van der Waals surface area contributed by atoms with E-state index in [1.807, 2.05) is 60.7 Å². The standard InChI is InChI=1S/C39H24Cl2FNO3/c40-27-15-11-25(12-16-27)38-31(23-7-3-1-4-8-23)32(24-9-5-2-6-10-24)39(37(38)46,26-13-17-28(41)18-14-26)34-33(38)35(44)43(36(34)45)30-21-19-29(42)20-22-30/h1-22,33-34H/t33-,34+,38-,39+. The summed E-state index contributed by atoms with van der Waals surface area (Å²) in [5.74, 6) is -3.97. The van der Waals surface area contributed by atoms with E-state index in [4.69, 9.17) is 23.2 Å². The van der Waals surface area contributed by atoms with Crippen LogP contribution in [-0.4, -0.2) is 17.6 Å². The SMILES string of the molecule is O=C1[C@@H]2[C@H](C(=O)N1c1ccc(F)cc1)[C@]1(c3ccc(Cl)cc3)C(=O)[C@@]2(c2ccc(Cl)cc2)C(c2ccccc2)=C1c1ccccc1. The molecule has 4 atom stereocenters. The van der Waals surface area contributed by atoms with Gasteiger partial charge in [-0.3, -0.25) is 14.4 Å². The number of benzene rings is 5. The van der Waals surface area contributed by atoms with Crippen LogP contribution in [0, 0.1) is 17.7 Å². The van der Waals surface area contributed by atoms with Crippen molar-refractivity contribution >= 4 is 57.6 Å². The van der Waals surface area contributed by atoms with Gasteiger partial charge in [0.2, 0.25) is 11.8 Å². The number of fused-ring (bicyclic) bond motifs is 5. The minimum absolute atomic E-state index is 0.248. The van der Waals surface area contributed by atoms with Crippen LogP contribution < -0.4 is 4.90 Å². The molecule has 0 aromatic heterocycles. The molecule has 2 bridgehead atoms. The number of Topliss-reactive ketones (excluding diaryl/α,β-unsaturated/α-hetero) is 1. The summed E-state index contributed by atoms with van der Waals surface area (Å²) in [6.07, 6.45) is 0. The van der Waals surface area contributed by atoms with E-state index in [0.717, 1.165) is 16.0 Å². The van der Waals surface area contributed by atoms with Crippen LogP contribution in [0.15, 0.2) is 133 Å². The van der Waals surface area contributed by atoms with Crippen LogP contribution in [0.2, 0.25) is 10.0 Å². The van der Waals surface area contributed by atoms with Crippen molar-refractivity contribution in [3.63, 3.8) is 0 Å². The van der Waals surface area contributed by atoms with Gasteiger partial charge in [0.05, 0.1) is 28.4 Å². The Balaban J connectivity index is 1.56. The van der Waals surface area contributed by atoms with Crippen molar-refractivity contribution in [1.29, 1.82) is 0 Å². The molecule has 8 rings (SSSR count). The second-order valence-corrected chi connectivity index (χ2v) is 12.8. The summed E-state index contributed by atoms with van der Waals surface area (Å²) in [6.45, 7) is 0. The Kier molecular flexibility index (Phi) is 6.44. The number of hydrogen-bond donors (Lipinski definition) is 0. The molecule has 4 nitrogen and oxygen atoms in total. The maximum absolute atomic E-state index is 15.9. The molecule has 5 aromatic rings. The molecular formula is C39H24Cl2FNO3. The minimum Gasteiger partial charge on any atom is -0.297 e. The number of rotatable bonds is 5. The molecule has 1 aliphatic heterocycles. The van der Waals surface area contributed by atoms with E-state index in [1.54, 1.807) is 48.5 Å². The molecule has 1 heterocycles. The number of imide groups is 1. The Morgan fingerprint density at radius 1 is 0.522 bits per heavy atom. The normalized spacial score (nSPS) is 25.0. The number of ketones is 1. The molecule has 2 aliphatic carbocycles. The zero-order valence-electron chi connectivity index (χ0n) is 24.2. The van der Waals surface area contributed by atoms with Crippen molar-refractivity contribution in [2.75, 3.05) is 4.90 Å². The molecule has 5 aromatic carbocycles. The van der Waals surface area contributed by atoms with Gasteiger partial charge in [-0.1, -0.05) is 108 Å². The third-order valence-electron chi connectivity index (χ3n) is 9.80. The van der Waals surface area contributed by atoms with E-state index in [9.17, 15) is 14.0 Å². The second-order valence-electron chi connectivity index (χ2n) is 11.9. The van der Waals surface area contributed by atoms with E-state index < -0.39 is 40.3 Å². The first-order valence-corrected chi connectivity index (χ1v) is 15.6. The van der Waals surface area contributed by atoms with Crippen LogP contribution in [0.25, 0.3) is 11.1 Å². The molecule has 2 fully saturated rings. The second kappa shape index (κ2) is 10.3. The monoisotopic (exact) mass is 643 g/mol. The highest BCUT2D eigenvalue weighted by atomic mass is 35.5. The maximum Gasteiger partial charge on any atom is 0.239 e. The number of nitrogens with zero attached hydrogens (tertiary/aromatic N) is 1. The van der Waals surface area contributed by atoms with Gasteiger partial charge in [-0.2, -0.15) is 0 Å². The number of hydrogen-bond acceptors (Lipinski definition) is 3. The van der Waals surface area contributed by atoms with Crippen LogP contribution >= 0.6 is 23.2 Å². The summed E-state index contributed by atoms with van der Waals surface area (Å²) in [4.78, 5) is 46.8. The molecule has 0 N–H and O–H groups in total. The largest absolute Gasteiger partial charge is 0.297 e. The van der Waals surface area contributed by atoms with Crippen molar-refractivity contribution in [2.45, 2.75) is 10.8 Å². The number of carbonyl (C=O) groups is 3. The fourth-order valence-electron chi connectivity index (χ4n) is 8.20. The van der Waals surface area contributed by atoms with Gasteiger partial charge in [-0.15, -0.1) is 0 Å². The number of allylic oxidation sites excluding steroid dienone is 2. The van der Waals surface area contributed by atoms with E-state index >= 15 is 4.79 Å². The lowest BCUT2D eigenvalue weighted by atomic mass is 9.59. The summed E-state index contributed by atoms with van der Waals surface area (Å²) in [5, 5.41) is 0.943. The molecule has 224 valence electrons. The number of anilines is 1. The van der Waals surface area contributed by atoms with Crippen LogP contribution in [0.4, 0.5) is 10.1 Å². The molecular weight excluding hydrogens is 620 g/mol. The van der Waals surface area contributed by atoms with E-state index in [2.05, 4.69) is 0 Å². The first kappa shape index (κ1) is 28.6. The van der Waals surface area contributed by atoms with Crippen molar-refractivity contribution in [1.82, 2.24) is 0 Å². The van der Waals surface area contributed by atoms with Crippen LogP contribution in [-0.2, 0) is 25.2 Å². The highest BCUT2D eigenvalue weighted by Crippen LogP contribution is 2.74. The summed E-state index contributed by atoms with van der Waals surface area (Å²) >= 11 is 12.8. The van der Waals surface area contributed by atoms with Crippen molar-refractivity contribution in [2.24, 2.45) is 11.8 Å². The van der Waals surface area contributed by atoms with E-state index in [0.29, 0.717) is 32.3 Å². The maximum atomic E-state index is 15.9. The Labute approximate surface area is 274 Å². The van der Waals surface area contributed by atoms with Crippen molar-refractivity contribution < 1.29 is 18.8 Å². The lowest BCUT2D eigenvalue weighted by Crippen LogP contribution is -2.45. The van der Waals surface area contributed by atoms with Gasteiger partial charge in [-0.25, -0.2) is 9.29 Å². The highest BCUT2D eigenvalue weighted by molar-refractivity contribution is 6.39. The molecule has 3 aliphatic rings. The average molecular weight is 645 g/mol. The first-order chi connectivity index (χ1) is 22.3. The molecule has 0 spiro atoms. The van der Waals surface area contributed by atoms with E-state index in [1.165, 1.54) is 24.3 Å². The third kappa shape index (κ3) is 3.64. The smallest absolute Gasteiger partial charge is 0.239 e. The Bertz CT molecular complexity index is 1950. The summed E-state index contributed by atoms with van der Waals surface area (Å²) < 4.78 is 14.0. The number of amides is 2. The summed E-state index contributed by atoms with van der Waals surface area (Å²) in [6, 6.07) is 38.4. The predicted molar refractivity (Wildman–Crippen MR) is 177 cm³/mol. The first-order valence-electron chi connectivity index (χ1n) is 14.9. The third-order valence-corrected chi connectivity index (χ3v) is 10.3. The minimum atomic E-state index is -1.57. The molecule has 0 radical (unpaired) electrons. The highest BCUT2D eigenvalue weighted by Gasteiger charge is 2.82. The molecule has 7 heteroatoms. The van der Waals surface area contributed by atoms with Gasteiger partial charge in [0.1, 0.15) is 5.82 Å². The van der Waals surface area contributed by atoms with Gasteiger partial charge < -0.3 is 0 Å². The van der Waals surface area contributed by atoms with Gasteiger partial charge >= 0.3 is 0 Å². The quantitative estimate of drug-likeness (QED) is 0.181. The Hall–Kier alpha value is -4.84. The van der Waals surface area contributed by atoms with Crippen molar-refractivity contribution in [3.8, 4) is 0 Å². The van der Waals surface area contributed by atoms with Crippen LogP contribution in [0.3, 0.4) is 0 Å². The fourth-order valence-corrected chi connectivity index (χ4v) is 8.45. The Morgan fingerprint density at radius 2 is 0.913 bits per heavy atom. The lowest BCUT2D eigenvalue weighted by molar-refractivity contribution is -0.130. The zero-order chi connectivity index (χ0) is 31.8. The van der Waals surface area contributed by atoms with Gasteiger partial charge in [-0.05, 0) is 81.9 Å². The predicted octanol–water partition coefficient (Wildman–Crippen LogP) is 8.32. The lowest BCUT2D eigenvalue weighted by Gasteiger charge is -2.39. The number of halogens is 3. The number of carbonyl (C=O) groups excluding carboxylic acids is 3. The van der Waals surface area contributed by atoms with Gasteiger partial charge in [0, 0.05) is 10.0 Å². The molecule has 0 unspecified atom stereocenters. The fraction of sp³-hybridized carbons (Fsp3) is 0.103. The van der Waals surface area contributed by atoms with Crippen LogP contribution in [0.1, 0.15) is 22.3 Å². The van der Waals surface area contributed by atoms with Gasteiger partial charge in [0.15, 0.2) is 5.78 Å². The molecule has 2 amide bonds. The summed E-state index contributed by atoms with van der Waals surface area (Å²) in [5.41, 5.74) is 1.12. The van der Waals surface area contributed by atoms with Crippen molar-refractivity contribution in [3.05, 3.63) is 172 Å². The zero-order valence-corrected chi connectivity index (χ0v) is 25.7. The molecule has 1 saturated heterocycles. The molecule has 46 heavy (non-hydrogen) atoms. The average Bonchev–Trinajstić information content (AvgIpc) is 3.58. The van der Waals surface area contributed by atoms with Gasteiger partial charge in [0.25, 0.3) is 0 Å². The Morgan fingerprint density at radius 3 is 1.30 bits per heavy atom. The topological polar surface area (TPSA) is 54.5 Å². The summed E-state index contributed by atoms with van der Waals surface area (Å²) in [7, 11) is 0. The molecule has 1 saturated carbocycles. The van der Waals surface area contributed by atoms with E-state index in [-0.39, 0.29) is 11.5 Å². The van der Waals surface area contributed by atoms with Crippen LogP contribution in [0.5, 0.6) is 0 Å².